The second-order valence-corrected chi connectivity index (χ2v) is 8.66. The summed E-state index contributed by atoms with van der Waals surface area (Å²) in [5, 5.41) is 1.53. The normalized spacial score (nSPS) is 12.6. The molecular weight excluding hydrogens is 401 g/mol. The molecule has 0 saturated heterocycles. The summed E-state index contributed by atoms with van der Waals surface area (Å²) in [6.07, 6.45) is -4.30. The summed E-state index contributed by atoms with van der Waals surface area (Å²) >= 11 is 1.49. The molecule has 0 fully saturated rings. The number of nitrogens with zero attached hydrogens (tertiary/aromatic N) is 1. The van der Waals surface area contributed by atoms with Crippen LogP contribution in [0.1, 0.15) is 10.4 Å². The molecular formula is C17H15F3N2O3S2. The highest BCUT2D eigenvalue weighted by molar-refractivity contribution is 7.89. The van der Waals surface area contributed by atoms with Gasteiger partial charge >= 0.3 is 6.18 Å². The molecule has 0 radical (unpaired) electrons. The summed E-state index contributed by atoms with van der Waals surface area (Å²) < 4.78 is 68.3. The lowest BCUT2D eigenvalue weighted by Gasteiger charge is -2.14. The van der Waals surface area contributed by atoms with Crippen molar-refractivity contribution in [2.75, 3.05) is 6.54 Å². The van der Waals surface area contributed by atoms with Crippen LogP contribution in [-0.2, 0) is 29.7 Å². The summed E-state index contributed by atoms with van der Waals surface area (Å²) in [6, 6.07) is 7.54. The number of alkyl halides is 3. The Labute approximate surface area is 157 Å². The second kappa shape index (κ2) is 7.10. The number of rotatable bonds is 5. The van der Waals surface area contributed by atoms with E-state index >= 15 is 0 Å². The highest BCUT2D eigenvalue weighted by Gasteiger charge is 2.34. The minimum atomic E-state index is -4.78. The molecule has 0 amide bonds. The van der Waals surface area contributed by atoms with Gasteiger partial charge < -0.3 is 4.57 Å². The van der Waals surface area contributed by atoms with Gasteiger partial charge in [-0.25, -0.2) is 13.1 Å². The molecule has 2 heterocycles. The summed E-state index contributed by atoms with van der Waals surface area (Å²) in [6.45, 7) is 0.125. The minimum Gasteiger partial charge on any atom is -0.311 e. The van der Waals surface area contributed by atoms with Crippen molar-refractivity contribution >= 4 is 32.3 Å². The number of aromatic nitrogens is 1. The standard InChI is InChI=1S/C17H15F3N2O3S2/c1-22-15-5-4-12(9-13(15)14(10-16(22)23)17(18,19)20)27(24,25)21-7-6-11-3-2-8-26-11/h2-5,8-10,21H,6-7H2,1H3. The van der Waals surface area contributed by atoms with E-state index in [4.69, 9.17) is 0 Å². The summed E-state index contributed by atoms with van der Waals surface area (Å²) in [4.78, 5) is 12.5. The Morgan fingerprint density at radius 1 is 1.19 bits per heavy atom. The maximum absolute atomic E-state index is 13.3. The van der Waals surface area contributed by atoms with Crippen LogP contribution in [-0.4, -0.2) is 19.5 Å². The highest BCUT2D eigenvalue weighted by Crippen LogP contribution is 2.34. The van der Waals surface area contributed by atoms with Crippen LogP contribution in [0.15, 0.2) is 51.5 Å². The number of fused-ring (bicyclic) bond motifs is 1. The molecule has 3 rings (SSSR count). The fourth-order valence-corrected chi connectivity index (χ4v) is 4.46. The van der Waals surface area contributed by atoms with Gasteiger partial charge in [-0.1, -0.05) is 6.07 Å². The quantitative estimate of drug-likeness (QED) is 0.695. The fourth-order valence-electron chi connectivity index (χ4n) is 2.69. The smallest absolute Gasteiger partial charge is 0.311 e. The van der Waals surface area contributed by atoms with E-state index in [0.717, 1.165) is 15.5 Å². The highest BCUT2D eigenvalue weighted by atomic mass is 32.2. The van der Waals surface area contributed by atoms with Gasteiger partial charge in [0.15, 0.2) is 0 Å². The van der Waals surface area contributed by atoms with Crippen molar-refractivity contribution in [2.24, 2.45) is 7.05 Å². The van der Waals surface area contributed by atoms with Gasteiger partial charge in [-0.15, -0.1) is 11.3 Å². The Bertz CT molecular complexity index is 1130. The molecule has 3 aromatic rings. The van der Waals surface area contributed by atoms with Gasteiger partial charge in [0.05, 0.1) is 16.0 Å². The lowest BCUT2D eigenvalue weighted by molar-refractivity contribution is -0.136. The molecule has 0 aliphatic carbocycles. The number of hydrogen-bond acceptors (Lipinski definition) is 4. The van der Waals surface area contributed by atoms with Crippen LogP contribution >= 0.6 is 11.3 Å². The maximum Gasteiger partial charge on any atom is 0.417 e. The fraction of sp³-hybridized carbons (Fsp3) is 0.235. The van der Waals surface area contributed by atoms with Crippen LogP contribution in [0.5, 0.6) is 0 Å². The predicted octanol–water partition coefficient (Wildman–Crippen LogP) is 3.14. The molecule has 2 aromatic heterocycles. The molecule has 0 spiro atoms. The van der Waals surface area contributed by atoms with Crippen molar-refractivity contribution in [1.29, 1.82) is 0 Å². The zero-order valence-corrected chi connectivity index (χ0v) is 15.7. The van der Waals surface area contributed by atoms with Crippen LogP contribution in [0.4, 0.5) is 13.2 Å². The Balaban J connectivity index is 1.99. The average Bonchev–Trinajstić information content (AvgIpc) is 3.10. The monoisotopic (exact) mass is 416 g/mol. The van der Waals surface area contributed by atoms with Crippen molar-refractivity contribution in [3.8, 4) is 0 Å². The third-order valence-electron chi connectivity index (χ3n) is 4.08. The van der Waals surface area contributed by atoms with Crippen molar-refractivity contribution in [3.63, 3.8) is 0 Å². The van der Waals surface area contributed by atoms with Crippen molar-refractivity contribution in [3.05, 3.63) is 62.6 Å². The average molecular weight is 416 g/mol. The first-order valence-electron chi connectivity index (χ1n) is 7.82. The zero-order valence-electron chi connectivity index (χ0n) is 14.1. The number of aryl methyl sites for hydroxylation is 1. The molecule has 5 nitrogen and oxygen atoms in total. The SMILES string of the molecule is Cn1c(=O)cc(C(F)(F)F)c2cc(S(=O)(=O)NCCc3cccs3)ccc21. The van der Waals surface area contributed by atoms with Gasteiger partial charge in [-0.2, -0.15) is 13.2 Å². The van der Waals surface area contributed by atoms with E-state index in [-0.39, 0.29) is 22.3 Å². The zero-order chi connectivity index (χ0) is 19.8. The molecule has 144 valence electrons. The van der Waals surface area contributed by atoms with Crippen molar-refractivity contribution in [1.82, 2.24) is 9.29 Å². The van der Waals surface area contributed by atoms with Gasteiger partial charge in [-0.3, -0.25) is 4.79 Å². The van der Waals surface area contributed by atoms with Crippen molar-refractivity contribution in [2.45, 2.75) is 17.5 Å². The van der Waals surface area contributed by atoms with E-state index in [1.807, 2.05) is 17.5 Å². The number of benzene rings is 1. The minimum absolute atomic E-state index is 0.00682. The summed E-state index contributed by atoms with van der Waals surface area (Å²) in [5.41, 5.74) is -1.97. The van der Waals surface area contributed by atoms with E-state index in [0.29, 0.717) is 12.5 Å². The Morgan fingerprint density at radius 3 is 2.56 bits per heavy atom. The molecule has 1 aromatic carbocycles. The van der Waals surface area contributed by atoms with Gasteiger partial charge in [-0.05, 0) is 36.1 Å². The number of nitrogens with one attached hydrogen (secondary N) is 1. The first-order chi connectivity index (χ1) is 12.6. The molecule has 0 aliphatic heterocycles. The first kappa shape index (κ1) is 19.6. The summed E-state index contributed by atoms with van der Waals surface area (Å²) in [5.74, 6) is 0. The molecule has 0 atom stereocenters. The number of halogens is 3. The number of hydrogen-bond donors (Lipinski definition) is 1. The first-order valence-corrected chi connectivity index (χ1v) is 10.2. The van der Waals surface area contributed by atoms with Gasteiger partial charge in [0.1, 0.15) is 0 Å². The molecule has 27 heavy (non-hydrogen) atoms. The third kappa shape index (κ3) is 4.07. The van der Waals surface area contributed by atoms with Gasteiger partial charge in [0.2, 0.25) is 10.0 Å². The largest absolute Gasteiger partial charge is 0.417 e. The second-order valence-electron chi connectivity index (χ2n) is 5.86. The van der Waals surface area contributed by atoms with E-state index in [1.54, 1.807) is 0 Å². The molecule has 0 aliphatic rings. The van der Waals surface area contributed by atoms with Gasteiger partial charge in [0.25, 0.3) is 5.56 Å². The number of pyridine rings is 1. The number of thiophene rings is 1. The van der Waals surface area contributed by atoms with E-state index in [1.165, 1.54) is 30.5 Å². The van der Waals surface area contributed by atoms with Crippen molar-refractivity contribution < 1.29 is 21.6 Å². The molecule has 0 saturated carbocycles. The molecule has 0 bridgehead atoms. The third-order valence-corrected chi connectivity index (χ3v) is 6.47. The predicted molar refractivity (Wildman–Crippen MR) is 97.4 cm³/mol. The Morgan fingerprint density at radius 2 is 1.93 bits per heavy atom. The van der Waals surface area contributed by atoms with Crippen LogP contribution in [0.2, 0.25) is 0 Å². The van der Waals surface area contributed by atoms with Crippen LogP contribution in [0, 0.1) is 0 Å². The van der Waals surface area contributed by atoms with Crippen LogP contribution in [0.25, 0.3) is 10.9 Å². The topological polar surface area (TPSA) is 68.2 Å². The number of sulfonamides is 1. The Kier molecular flexibility index (Phi) is 5.15. The van der Waals surface area contributed by atoms with Crippen LogP contribution < -0.4 is 10.3 Å². The molecule has 10 heteroatoms. The van der Waals surface area contributed by atoms with E-state index in [2.05, 4.69) is 4.72 Å². The lowest BCUT2D eigenvalue weighted by Crippen LogP contribution is -2.26. The molecule has 0 unspecified atom stereocenters. The molecule has 1 N–H and O–H groups in total. The maximum atomic E-state index is 13.3. The van der Waals surface area contributed by atoms with Crippen LogP contribution in [0.3, 0.4) is 0 Å². The van der Waals surface area contributed by atoms with Gasteiger partial charge in [0, 0.05) is 29.9 Å². The van der Waals surface area contributed by atoms with E-state index < -0.39 is 27.3 Å². The van der Waals surface area contributed by atoms with E-state index in [9.17, 15) is 26.4 Å². The summed E-state index contributed by atoms with van der Waals surface area (Å²) in [7, 11) is -2.66. The Hall–Kier alpha value is -2.17. The lowest BCUT2D eigenvalue weighted by atomic mass is 10.1.